The van der Waals surface area contributed by atoms with Crippen LogP contribution in [0.25, 0.3) is 0 Å². The van der Waals surface area contributed by atoms with Crippen molar-refractivity contribution in [2.45, 2.75) is 30.3 Å². The Kier molecular flexibility index (Phi) is 4.06. The molecule has 2 rings (SSSR count). The Balaban J connectivity index is 2.21. The number of nitrogens with one attached hydrogen (secondary N) is 1. The Bertz CT molecular complexity index is 566. The van der Waals surface area contributed by atoms with Crippen molar-refractivity contribution >= 4 is 27.3 Å². The molecule has 0 saturated carbocycles. The first kappa shape index (κ1) is 14.6. The number of nitrogens with two attached hydrogens (primary N) is 1. The fourth-order valence-corrected chi connectivity index (χ4v) is 3.02. The molecular weight excluding hydrogens is 286 g/mol. The number of likely N-dealkylation sites (N-methyl/N-ethyl adjacent to an activating group) is 1. The molecule has 2 unspecified atom stereocenters. The van der Waals surface area contributed by atoms with Crippen LogP contribution in [0.3, 0.4) is 0 Å². The second kappa shape index (κ2) is 5.28. The number of nitrogens with zero attached hydrogens (tertiary/aromatic N) is 1. The smallest absolute Gasteiger partial charge is 0.238 e. The minimum Gasteiger partial charge on any atom is -0.380 e. The number of rotatable bonds is 3. The van der Waals surface area contributed by atoms with Crippen LogP contribution in [-0.4, -0.2) is 39.0 Å². The summed E-state index contributed by atoms with van der Waals surface area (Å²) in [5, 5.41) is 8.90. The van der Waals surface area contributed by atoms with Crippen molar-refractivity contribution in [3.05, 3.63) is 23.2 Å². The van der Waals surface area contributed by atoms with Crippen LogP contribution in [0, 0.1) is 0 Å². The van der Waals surface area contributed by atoms with E-state index in [1.165, 1.54) is 12.1 Å². The van der Waals surface area contributed by atoms with Gasteiger partial charge in [0.1, 0.15) is 0 Å². The minimum absolute atomic E-state index is 0.0683. The Morgan fingerprint density at radius 3 is 2.68 bits per heavy atom. The summed E-state index contributed by atoms with van der Waals surface area (Å²) < 4.78 is 22.7. The van der Waals surface area contributed by atoms with E-state index in [2.05, 4.69) is 24.2 Å². The van der Waals surface area contributed by atoms with Crippen molar-refractivity contribution in [2.75, 3.05) is 18.9 Å². The molecule has 19 heavy (non-hydrogen) atoms. The zero-order valence-electron chi connectivity index (χ0n) is 10.9. The summed E-state index contributed by atoms with van der Waals surface area (Å²) in [6.45, 7) is 3.06. The number of benzene rings is 1. The van der Waals surface area contributed by atoms with E-state index in [0.29, 0.717) is 16.8 Å². The highest BCUT2D eigenvalue weighted by Crippen LogP contribution is 2.27. The summed E-state index contributed by atoms with van der Waals surface area (Å²) >= 11 is 6.09. The van der Waals surface area contributed by atoms with Crippen LogP contribution in [0.5, 0.6) is 0 Å². The third kappa shape index (κ3) is 3.39. The van der Waals surface area contributed by atoms with Crippen LogP contribution in [0.1, 0.15) is 13.3 Å². The van der Waals surface area contributed by atoms with Gasteiger partial charge in [-0.1, -0.05) is 11.6 Å². The van der Waals surface area contributed by atoms with Gasteiger partial charge in [-0.05, 0) is 38.6 Å². The largest absolute Gasteiger partial charge is 0.380 e. The van der Waals surface area contributed by atoms with E-state index < -0.39 is 10.0 Å². The molecule has 0 aromatic heterocycles. The van der Waals surface area contributed by atoms with Gasteiger partial charge in [0.15, 0.2) is 0 Å². The molecule has 1 fully saturated rings. The number of sulfonamides is 1. The molecule has 0 spiro atoms. The van der Waals surface area contributed by atoms with Gasteiger partial charge in [-0.25, -0.2) is 13.6 Å². The fraction of sp³-hybridized carbons (Fsp3) is 0.500. The molecule has 1 saturated heterocycles. The summed E-state index contributed by atoms with van der Waals surface area (Å²) in [6, 6.07) is 5.20. The van der Waals surface area contributed by atoms with Crippen LogP contribution in [0.2, 0.25) is 5.02 Å². The summed E-state index contributed by atoms with van der Waals surface area (Å²) in [5.41, 5.74) is 0.612. The molecule has 0 radical (unpaired) electrons. The van der Waals surface area contributed by atoms with E-state index in [1.807, 2.05) is 0 Å². The lowest BCUT2D eigenvalue weighted by Gasteiger charge is -2.16. The first-order chi connectivity index (χ1) is 8.77. The van der Waals surface area contributed by atoms with Crippen LogP contribution in [0.15, 0.2) is 23.1 Å². The second-order valence-electron chi connectivity index (χ2n) is 5.05. The lowest BCUT2D eigenvalue weighted by molar-refractivity contribution is 0.330. The molecule has 3 N–H and O–H groups in total. The predicted molar refractivity (Wildman–Crippen MR) is 76.9 cm³/mol. The standard InChI is InChI=1S/C12H18ClN3O2S/c1-8-5-9(7-16(8)2)15-12-6-10(19(14,17)18)3-4-11(12)13/h3-4,6,8-9,15H,5,7H2,1-2H3,(H2,14,17,18). The van der Waals surface area contributed by atoms with Gasteiger partial charge >= 0.3 is 0 Å². The highest BCUT2D eigenvalue weighted by molar-refractivity contribution is 7.89. The first-order valence-electron chi connectivity index (χ1n) is 6.06. The number of anilines is 1. The van der Waals surface area contributed by atoms with Gasteiger partial charge in [0.25, 0.3) is 0 Å². The van der Waals surface area contributed by atoms with E-state index in [4.69, 9.17) is 16.7 Å². The molecule has 1 aliphatic rings. The van der Waals surface area contributed by atoms with E-state index >= 15 is 0 Å². The maximum atomic E-state index is 11.3. The molecular formula is C12H18ClN3O2S. The quantitative estimate of drug-likeness (QED) is 0.887. The molecule has 0 aliphatic carbocycles. The number of hydrogen-bond donors (Lipinski definition) is 2. The van der Waals surface area contributed by atoms with Crippen LogP contribution in [0.4, 0.5) is 5.69 Å². The second-order valence-corrected chi connectivity index (χ2v) is 7.02. The Morgan fingerprint density at radius 2 is 2.16 bits per heavy atom. The average molecular weight is 304 g/mol. The van der Waals surface area contributed by atoms with Crippen molar-refractivity contribution < 1.29 is 8.42 Å². The molecule has 1 aromatic carbocycles. The number of halogens is 1. The monoisotopic (exact) mass is 303 g/mol. The number of primary sulfonamides is 1. The molecule has 1 heterocycles. The molecule has 7 heteroatoms. The summed E-state index contributed by atoms with van der Waals surface area (Å²) in [7, 11) is -1.64. The van der Waals surface area contributed by atoms with Crippen molar-refractivity contribution in [1.82, 2.24) is 4.90 Å². The van der Waals surface area contributed by atoms with Gasteiger partial charge in [-0.15, -0.1) is 0 Å². The SMILES string of the molecule is CC1CC(Nc2cc(S(N)(=O)=O)ccc2Cl)CN1C. The molecule has 1 aliphatic heterocycles. The molecule has 0 bridgehead atoms. The Morgan fingerprint density at radius 1 is 1.47 bits per heavy atom. The van der Waals surface area contributed by atoms with E-state index in [1.54, 1.807) is 6.07 Å². The maximum Gasteiger partial charge on any atom is 0.238 e. The van der Waals surface area contributed by atoms with Gasteiger partial charge in [0, 0.05) is 18.6 Å². The summed E-state index contributed by atoms with van der Waals surface area (Å²) in [4.78, 5) is 2.31. The molecule has 0 amide bonds. The molecule has 5 nitrogen and oxygen atoms in total. The van der Waals surface area contributed by atoms with Crippen molar-refractivity contribution in [3.8, 4) is 0 Å². The Labute approximate surface area is 118 Å². The minimum atomic E-state index is -3.71. The van der Waals surface area contributed by atoms with Crippen molar-refractivity contribution in [1.29, 1.82) is 0 Å². The average Bonchev–Trinajstić information content (AvgIpc) is 2.59. The van der Waals surface area contributed by atoms with Crippen LogP contribution >= 0.6 is 11.6 Å². The van der Waals surface area contributed by atoms with E-state index in [9.17, 15) is 8.42 Å². The Hall–Kier alpha value is -0.820. The zero-order chi connectivity index (χ0) is 14.2. The van der Waals surface area contributed by atoms with Crippen molar-refractivity contribution in [3.63, 3.8) is 0 Å². The number of likely N-dealkylation sites (tertiary alicyclic amines) is 1. The van der Waals surface area contributed by atoms with E-state index in [-0.39, 0.29) is 10.9 Å². The van der Waals surface area contributed by atoms with Gasteiger partial charge < -0.3 is 10.2 Å². The summed E-state index contributed by atoms with van der Waals surface area (Å²) in [6.07, 6.45) is 0.992. The van der Waals surface area contributed by atoms with Gasteiger partial charge in [-0.2, -0.15) is 0 Å². The fourth-order valence-electron chi connectivity index (χ4n) is 2.31. The molecule has 1 aromatic rings. The third-order valence-corrected chi connectivity index (χ3v) is 4.75. The lowest BCUT2D eigenvalue weighted by Crippen LogP contribution is -2.25. The normalized spacial score (nSPS) is 24.6. The topological polar surface area (TPSA) is 75.4 Å². The number of hydrogen-bond acceptors (Lipinski definition) is 4. The molecule has 106 valence electrons. The molecule has 2 atom stereocenters. The van der Waals surface area contributed by atoms with Crippen LogP contribution < -0.4 is 10.5 Å². The van der Waals surface area contributed by atoms with Crippen LogP contribution in [-0.2, 0) is 10.0 Å². The maximum absolute atomic E-state index is 11.3. The summed E-state index contributed by atoms with van der Waals surface area (Å²) in [5.74, 6) is 0. The van der Waals surface area contributed by atoms with Gasteiger partial charge in [-0.3, -0.25) is 0 Å². The van der Waals surface area contributed by atoms with Gasteiger partial charge in [0.2, 0.25) is 10.0 Å². The zero-order valence-corrected chi connectivity index (χ0v) is 12.5. The highest BCUT2D eigenvalue weighted by Gasteiger charge is 2.26. The van der Waals surface area contributed by atoms with E-state index in [0.717, 1.165) is 13.0 Å². The third-order valence-electron chi connectivity index (χ3n) is 3.51. The highest BCUT2D eigenvalue weighted by atomic mass is 35.5. The lowest BCUT2D eigenvalue weighted by atomic mass is 10.2. The van der Waals surface area contributed by atoms with Gasteiger partial charge in [0.05, 0.1) is 15.6 Å². The predicted octanol–water partition coefficient (Wildman–Crippen LogP) is 1.49. The van der Waals surface area contributed by atoms with Crippen molar-refractivity contribution in [2.24, 2.45) is 5.14 Å². The first-order valence-corrected chi connectivity index (χ1v) is 7.99.